The molecular weight excluding hydrogens is 330 g/mol. The SMILES string of the molecule is NC(=O)C1C(O)CCCCN1C(=O)Cc1cccc(-c2ccccn2)c1. The Morgan fingerprint density at radius 3 is 2.77 bits per heavy atom. The molecule has 1 aromatic heterocycles. The van der Waals surface area contributed by atoms with Crippen LogP contribution in [0.5, 0.6) is 0 Å². The lowest BCUT2D eigenvalue weighted by atomic mass is 10.0. The molecule has 0 radical (unpaired) electrons. The Bertz CT molecular complexity index is 779. The van der Waals surface area contributed by atoms with Gasteiger partial charge in [0, 0.05) is 18.3 Å². The van der Waals surface area contributed by atoms with Gasteiger partial charge in [-0.1, -0.05) is 24.3 Å². The minimum Gasteiger partial charge on any atom is -0.390 e. The number of pyridine rings is 1. The van der Waals surface area contributed by atoms with Crippen molar-refractivity contribution in [2.45, 2.75) is 37.8 Å². The van der Waals surface area contributed by atoms with Crippen molar-refractivity contribution in [3.8, 4) is 11.3 Å². The van der Waals surface area contributed by atoms with Crippen LogP contribution < -0.4 is 5.73 Å². The van der Waals surface area contributed by atoms with Gasteiger partial charge in [-0.15, -0.1) is 0 Å². The molecule has 0 saturated carbocycles. The van der Waals surface area contributed by atoms with E-state index < -0.39 is 18.1 Å². The lowest BCUT2D eigenvalue weighted by molar-refractivity contribution is -0.142. The van der Waals surface area contributed by atoms with Crippen molar-refractivity contribution in [1.82, 2.24) is 9.88 Å². The normalized spacial score (nSPS) is 20.4. The summed E-state index contributed by atoms with van der Waals surface area (Å²) in [6.45, 7) is 0.434. The zero-order valence-electron chi connectivity index (χ0n) is 14.5. The van der Waals surface area contributed by atoms with Gasteiger partial charge in [0.15, 0.2) is 0 Å². The smallest absolute Gasteiger partial charge is 0.242 e. The van der Waals surface area contributed by atoms with Crippen molar-refractivity contribution in [2.24, 2.45) is 5.73 Å². The second-order valence-corrected chi connectivity index (χ2v) is 6.59. The maximum absolute atomic E-state index is 12.8. The van der Waals surface area contributed by atoms with Crippen LogP contribution in [0.15, 0.2) is 48.7 Å². The monoisotopic (exact) mass is 353 g/mol. The van der Waals surface area contributed by atoms with Crippen molar-refractivity contribution in [1.29, 1.82) is 0 Å². The molecule has 1 fully saturated rings. The summed E-state index contributed by atoms with van der Waals surface area (Å²) in [4.78, 5) is 30.4. The largest absolute Gasteiger partial charge is 0.390 e. The molecule has 6 heteroatoms. The van der Waals surface area contributed by atoms with Crippen LogP contribution in [-0.4, -0.2) is 45.5 Å². The van der Waals surface area contributed by atoms with Gasteiger partial charge in [-0.3, -0.25) is 14.6 Å². The van der Waals surface area contributed by atoms with E-state index in [1.54, 1.807) is 6.20 Å². The number of nitrogens with two attached hydrogens (primary N) is 1. The van der Waals surface area contributed by atoms with Gasteiger partial charge in [0.25, 0.3) is 0 Å². The number of carbonyl (C=O) groups is 2. The summed E-state index contributed by atoms with van der Waals surface area (Å²) in [5.74, 6) is -0.858. The standard InChI is InChI=1S/C20H23N3O3/c21-20(26)19-17(24)9-2-4-11-23(19)18(25)13-14-6-5-7-15(12-14)16-8-1-3-10-22-16/h1,3,5-8,10,12,17,19,24H,2,4,9,11,13H2,(H2,21,26). The molecule has 1 saturated heterocycles. The maximum Gasteiger partial charge on any atom is 0.242 e. The molecule has 3 N–H and O–H groups in total. The third kappa shape index (κ3) is 4.08. The van der Waals surface area contributed by atoms with Crippen molar-refractivity contribution < 1.29 is 14.7 Å². The number of amides is 2. The molecule has 26 heavy (non-hydrogen) atoms. The van der Waals surface area contributed by atoms with Crippen LogP contribution in [0.3, 0.4) is 0 Å². The van der Waals surface area contributed by atoms with E-state index in [0.717, 1.165) is 29.7 Å². The molecule has 2 atom stereocenters. The van der Waals surface area contributed by atoms with Gasteiger partial charge >= 0.3 is 0 Å². The molecule has 136 valence electrons. The van der Waals surface area contributed by atoms with Crippen LogP contribution in [0.2, 0.25) is 0 Å². The van der Waals surface area contributed by atoms with E-state index in [1.165, 1.54) is 4.90 Å². The fraction of sp³-hybridized carbons (Fsp3) is 0.350. The van der Waals surface area contributed by atoms with Gasteiger partial charge < -0.3 is 15.7 Å². The minimum absolute atomic E-state index is 0.150. The number of carbonyl (C=O) groups excluding carboxylic acids is 2. The molecule has 1 aliphatic heterocycles. The summed E-state index contributed by atoms with van der Waals surface area (Å²) in [6.07, 6.45) is 2.97. The van der Waals surface area contributed by atoms with Crippen molar-refractivity contribution in [3.63, 3.8) is 0 Å². The van der Waals surface area contributed by atoms with E-state index in [-0.39, 0.29) is 12.3 Å². The Morgan fingerprint density at radius 2 is 2.04 bits per heavy atom. The zero-order valence-corrected chi connectivity index (χ0v) is 14.5. The lowest BCUT2D eigenvalue weighted by Crippen LogP contribution is -2.53. The molecule has 1 aromatic carbocycles. The summed E-state index contributed by atoms with van der Waals surface area (Å²) < 4.78 is 0. The molecule has 2 unspecified atom stereocenters. The minimum atomic E-state index is -0.955. The fourth-order valence-corrected chi connectivity index (χ4v) is 3.41. The van der Waals surface area contributed by atoms with Crippen LogP contribution in [0, 0.1) is 0 Å². The molecule has 0 bridgehead atoms. The number of likely N-dealkylation sites (tertiary alicyclic amines) is 1. The fourth-order valence-electron chi connectivity index (χ4n) is 3.41. The summed E-state index contributed by atoms with van der Waals surface area (Å²) in [7, 11) is 0. The van der Waals surface area contributed by atoms with Gasteiger partial charge in [-0.05, 0) is 43.0 Å². The number of aliphatic hydroxyl groups is 1. The quantitative estimate of drug-likeness (QED) is 0.871. The second kappa shape index (κ2) is 8.10. The molecule has 2 heterocycles. The Kier molecular flexibility index (Phi) is 5.63. The zero-order chi connectivity index (χ0) is 18.5. The number of aromatic nitrogens is 1. The Balaban J connectivity index is 1.79. The highest BCUT2D eigenvalue weighted by molar-refractivity contribution is 5.88. The van der Waals surface area contributed by atoms with E-state index in [0.29, 0.717) is 13.0 Å². The van der Waals surface area contributed by atoms with Crippen LogP contribution >= 0.6 is 0 Å². The number of nitrogens with zero attached hydrogens (tertiary/aromatic N) is 2. The molecule has 6 nitrogen and oxygen atoms in total. The first kappa shape index (κ1) is 18.1. The van der Waals surface area contributed by atoms with Gasteiger partial charge in [-0.2, -0.15) is 0 Å². The Labute approximate surface area is 152 Å². The first-order chi connectivity index (χ1) is 12.6. The predicted molar refractivity (Wildman–Crippen MR) is 97.9 cm³/mol. The molecule has 0 aliphatic carbocycles. The highest BCUT2D eigenvalue weighted by Gasteiger charge is 2.35. The van der Waals surface area contributed by atoms with Gasteiger partial charge in [-0.25, -0.2) is 0 Å². The van der Waals surface area contributed by atoms with Crippen molar-refractivity contribution in [2.75, 3.05) is 6.54 Å². The predicted octanol–water partition coefficient (Wildman–Crippen LogP) is 1.52. The van der Waals surface area contributed by atoms with Crippen molar-refractivity contribution >= 4 is 11.8 Å². The van der Waals surface area contributed by atoms with Crippen LogP contribution in [0.25, 0.3) is 11.3 Å². The molecule has 2 amide bonds. The van der Waals surface area contributed by atoms with E-state index >= 15 is 0 Å². The number of benzene rings is 1. The van der Waals surface area contributed by atoms with Gasteiger partial charge in [0.05, 0.1) is 18.2 Å². The molecule has 0 spiro atoms. The lowest BCUT2D eigenvalue weighted by Gasteiger charge is -2.30. The first-order valence-corrected chi connectivity index (χ1v) is 8.83. The molecule has 1 aliphatic rings. The third-order valence-electron chi connectivity index (χ3n) is 4.70. The summed E-state index contributed by atoms with van der Waals surface area (Å²) in [6, 6.07) is 12.3. The van der Waals surface area contributed by atoms with Gasteiger partial charge in [0.2, 0.25) is 11.8 Å². The van der Waals surface area contributed by atoms with Crippen molar-refractivity contribution in [3.05, 3.63) is 54.2 Å². The molecular formula is C20H23N3O3. The maximum atomic E-state index is 12.8. The summed E-state index contributed by atoms with van der Waals surface area (Å²) in [5, 5.41) is 10.2. The first-order valence-electron chi connectivity index (χ1n) is 8.83. The average molecular weight is 353 g/mol. The third-order valence-corrected chi connectivity index (χ3v) is 4.70. The second-order valence-electron chi connectivity index (χ2n) is 6.59. The molecule has 2 aromatic rings. The number of hydrogen-bond acceptors (Lipinski definition) is 4. The van der Waals surface area contributed by atoms with E-state index in [1.807, 2.05) is 42.5 Å². The molecule has 3 rings (SSSR count). The number of rotatable bonds is 4. The summed E-state index contributed by atoms with van der Waals surface area (Å²) >= 11 is 0. The highest BCUT2D eigenvalue weighted by Crippen LogP contribution is 2.21. The van der Waals surface area contributed by atoms with E-state index in [2.05, 4.69) is 4.98 Å². The number of primary amides is 1. The number of aliphatic hydroxyl groups excluding tert-OH is 1. The number of hydrogen-bond donors (Lipinski definition) is 2. The Hall–Kier alpha value is -2.73. The van der Waals surface area contributed by atoms with E-state index in [4.69, 9.17) is 5.73 Å². The van der Waals surface area contributed by atoms with Gasteiger partial charge in [0.1, 0.15) is 6.04 Å². The average Bonchev–Trinajstić information content (AvgIpc) is 2.84. The highest BCUT2D eigenvalue weighted by atomic mass is 16.3. The van der Waals surface area contributed by atoms with Crippen LogP contribution in [0.1, 0.15) is 24.8 Å². The Morgan fingerprint density at radius 1 is 1.19 bits per heavy atom. The van der Waals surface area contributed by atoms with Crippen LogP contribution in [0.4, 0.5) is 0 Å². The topological polar surface area (TPSA) is 96.5 Å². The van der Waals surface area contributed by atoms with Crippen LogP contribution in [-0.2, 0) is 16.0 Å². The summed E-state index contributed by atoms with van der Waals surface area (Å²) in [5.41, 5.74) is 8.05. The van der Waals surface area contributed by atoms with E-state index in [9.17, 15) is 14.7 Å².